The van der Waals surface area contributed by atoms with E-state index in [-0.39, 0.29) is 48.3 Å². The average Bonchev–Trinajstić information content (AvgIpc) is 2.61. The van der Waals surface area contributed by atoms with Gasteiger partial charge in [-0.2, -0.15) is 0 Å². The van der Waals surface area contributed by atoms with Gasteiger partial charge >= 0.3 is 0 Å². The molecule has 27 heavy (non-hydrogen) atoms. The lowest BCUT2D eigenvalue weighted by Crippen LogP contribution is -2.40. The van der Waals surface area contributed by atoms with Crippen LogP contribution in [0.15, 0.2) is 35.3 Å². The van der Waals surface area contributed by atoms with E-state index >= 15 is 0 Å². The van der Waals surface area contributed by atoms with E-state index in [0.29, 0.717) is 13.1 Å². The van der Waals surface area contributed by atoms with Crippen molar-refractivity contribution in [1.82, 2.24) is 16.0 Å². The van der Waals surface area contributed by atoms with Gasteiger partial charge in [-0.05, 0) is 31.7 Å². The molecule has 0 aromatic heterocycles. The van der Waals surface area contributed by atoms with Crippen molar-refractivity contribution in [3.05, 3.63) is 35.9 Å². The van der Waals surface area contributed by atoms with Gasteiger partial charge in [0.25, 0.3) is 0 Å². The number of carbonyl (C=O) groups is 1. The van der Waals surface area contributed by atoms with E-state index < -0.39 is 0 Å². The summed E-state index contributed by atoms with van der Waals surface area (Å²) in [4.78, 5) is 16.4. The Hall–Kier alpha value is -1.35. The summed E-state index contributed by atoms with van der Waals surface area (Å²) in [5.74, 6) is 1.18. The summed E-state index contributed by atoms with van der Waals surface area (Å²) < 4.78 is 0. The van der Waals surface area contributed by atoms with Gasteiger partial charge in [0.05, 0.1) is 13.2 Å². The molecule has 0 radical (unpaired) electrons. The lowest BCUT2D eigenvalue weighted by atomic mass is 9.85. The number of nitrogens with zero attached hydrogens (tertiary/aromatic N) is 1. The summed E-state index contributed by atoms with van der Waals surface area (Å²) in [6.45, 7) is 4.82. The lowest BCUT2D eigenvalue weighted by Gasteiger charge is -2.24. The molecule has 1 aliphatic rings. The first-order valence-corrected chi connectivity index (χ1v) is 9.70. The Morgan fingerprint density at radius 1 is 1.19 bits per heavy atom. The van der Waals surface area contributed by atoms with Crippen molar-refractivity contribution in [3.63, 3.8) is 0 Å². The van der Waals surface area contributed by atoms with Gasteiger partial charge in [0, 0.05) is 31.5 Å². The number of hydrogen-bond acceptors (Lipinski definition) is 3. The second kappa shape index (κ2) is 13.8. The van der Waals surface area contributed by atoms with Crippen LogP contribution in [0.25, 0.3) is 0 Å². The zero-order valence-corrected chi connectivity index (χ0v) is 18.4. The standard InChI is InChI=1S/C20H32N4O2.HI/c1-2-21-20(23-13-7-12-22-19(26)17-10-6-11-17)24-14-18(15-25)16-8-4-3-5-9-16;/h3-5,8-9,17-18,25H,2,6-7,10-15H2,1H3,(H,22,26)(H2,21,23,24);1H. The molecular weight excluding hydrogens is 455 g/mol. The van der Waals surface area contributed by atoms with Crippen molar-refractivity contribution >= 4 is 35.8 Å². The molecule has 1 atom stereocenters. The lowest BCUT2D eigenvalue weighted by molar-refractivity contribution is -0.127. The molecule has 1 aromatic carbocycles. The second-order valence-electron chi connectivity index (χ2n) is 6.71. The van der Waals surface area contributed by atoms with Gasteiger partial charge in [-0.1, -0.05) is 36.8 Å². The number of aliphatic imine (C=N–C) groups is 1. The highest BCUT2D eigenvalue weighted by molar-refractivity contribution is 14.0. The van der Waals surface area contributed by atoms with Crippen LogP contribution in [0.5, 0.6) is 0 Å². The molecule has 1 amide bonds. The number of aliphatic hydroxyl groups excluding tert-OH is 1. The largest absolute Gasteiger partial charge is 0.396 e. The fourth-order valence-corrected chi connectivity index (χ4v) is 2.86. The topological polar surface area (TPSA) is 85.8 Å². The van der Waals surface area contributed by atoms with E-state index in [1.54, 1.807) is 0 Å². The number of guanidine groups is 1. The zero-order valence-electron chi connectivity index (χ0n) is 16.1. The first kappa shape index (κ1) is 23.7. The maximum atomic E-state index is 11.8. The first-order valence-electron chi connectivity index (χ1n) is 9.70. The number of aliphatic hydroxyl groups is 1. The number of benzene rings is 1. The van der Waals surface area contributed by atoms with E-state index in [2.05, 4.69) is 20.9 Å². The van der Waals surface area contributed by atoms with Crippen molar-refractivity contribution in [1.29, 1.82) is 0 Å². The Morgan fingerprint density at radius 2 is 1.89 bits per heavy atom. The SMILES string of the molecule is CCNC(=NCC(CO)c1ccccc1)NCCCNC(=O)C1CCC1.I. The van der Waals surface area contributed by atoms with E-state index in [4.69, 9.17) is 0 Å². The quantitative estimate of drug-likeness (QED) is 0.176. The van der Waals surface area contributed by atoms with Crippen LogP contribution in [-0.2, 0) is 4.79 Å². The Kier molecular flexibility index (Phi) is 12.1. The Labute approximate surface area is 179 Å². The molecule has 152 valence electrons. The molecule has 1 unspecified atom stereocenters. The normalized spacial score (nSPS) is 15.3. The third-order valence-corrected chi connectivity index (χ3v) is 4.73. The van der Waals surface area contributed by atoms with Crippen LogP contribution >= 0.6 is 24.0 Å². The summed E-state index contributed by atoms with van der Waals surface area (Å²) in [7, 11) is 0. The average molecular weight is 488 g/mol. The van der Waals surface area contributed by atoms with Crippen LogP contribution in [0, 0.1) is 5.92 Å². The molecular formula is C20H33IN4O2. The number of hydrogen-bond donors (Lipinski definition) is 4. The molecule has 0 heterocycles. The van der Waals surface area contributed by atoms with Crippen molar-refractivity contribution in [2.45, 2.75) is 38.5 Å². The van der Waals surface area contributed by atoms with Crippen LogP contribution in [0.2, 0.25) is 0 Å². The third-order valence-electron chi connectivity index (χ3n) is 4.73. The molecule has 0 aliphatic heterocycles. The molecule has 4 N–H and O–H groups in total. The molecule has 0 bridgehead atoms. The van der Waals surface area contributed by atoms with Crippen molar-refractivity contribution in [2.24, 2.45) is 10.9 Å². The minimum Gasteiger partial charge on any atom is -0.396 e. The second-order valence-corrected chi connectivity index (χ2v) is 6.71. The van der Waals surface area contributed by atoms with Crippen molar-refractivity contribution < 1.29 is 9.90 Å². The fraction of sp³-hybridized carbons (Fsp3) is 0.600. The third kappa shape index (κ3) is 8.47. The maximum Gasteiger partial charge on any atom is 0.223 e. The van der Waals surface area contributed by atoms with Crippen LogP contribution in [-0.4, -0.2) is 49.8 Å². The van der Waals surface area contributed by atoms with Crippen LogP contribution in [0.4, 0.5) is 0 Å². The minimum absolute atomic E-state index is 0. The van der Waals surface area contributed by atoms with Gasteiger partial charge in [0.15, 0.2) is 5.96 Å². The Morgan fingerprint density at radius 3 is 2.48 bits per heavy atom. The summed E-state index contributed by atoms with van der Waals surface area (Å²) in [5.41, 5.74) is 1.09. The summed E-state index contributed by atoms with van der Waals surface area (Å²) in [6.07, 6.45) is 4.11. The zero-order chi connectivity index (χ0) is 18.6. The highest BCUT2D eigenvalue weighted by Gasteiger charge is 2.24. The van der Waals surface area contributed by atoms with Gasteiger partial charge in [-0.3, -0.25) is 9.79 Å². The molecule has 0 spiro atoms. The van der Waals surface area contributed by atoms with Gasteiger partial charge < -0.3 is 21.1 Å². The van der Waals surface area contributed by atoms with Crippen molar-refractivity contribution in [2.75, 3.05) is 32.8 Å². The Bertz CT molecular complexity index is 564. The van der Waals surface area contributed by atoms with Crippen LogP contribution in [0.3, 0.4) is 0 Å². The molecule has 6 nitrogen and oxygen atoms in total. The number of halogens is 1. The van der Waals surface area contributed by atoms with E-state index in [9.17, 15) is 9.90 Å². The molecule has 1 aliphatic carbocycles. The number of carbonyl (C=O) groups excluding carboxylic acids is 1. The van der Waals surface area contributed by atoms with Crippen LogP contribution < -0.4 is 16.0 Å². The maximum absolute atomic E-state index is 11.8. The molecule has 0 saturated heterocycles. The van der Waals surface area contributed by atoms with Gasteiger partial charge in [0.2, 0.25) is 5.91 Å². The molecule has 1 fully saturated rings. The first-order chi connectivity index (χ1) is 12.7. The monoisotopic (exact) mass is 488 g/mol. The highest BCUT2D eigenvalue weighted by Crippen LogP contribution is 2.26. The predicted molar refractivity (Wildman–Crippen MR) is 121 cm³/mol. The number of amides is 1. The predicted octanol–water partition coefficient (Wildman–Crippen LogP) is 2.24. The Balaban J connectivity index is 0.00000364. The molecule has 2 rings (SSSR count). The minimum atomic E-state index is -0.00609. The summed E-state index contributed by atoms with van der Waals surface area (Å²) in [6, 6.07) is 9.95. The van der Waals surface area contributed by atoms with Gasteiger partial charge in [0.1, 0.15) is 0 Å². The van der Waals surface area contributed by atoms with E-state index in [0.717, 1.165) is 43.9 Å². The van der Waals surface area contributed by atoms with Crippen LogP contribution in [0.1, 0.15) is 44.1 Å². The molecule has 1 saturated carbocycles. The fourth-order valence-electron chi connectivity index (χ4n) is 2.86. The molecule has 1 aromatic rings. The molecule has 7 heteroatoms. The van der Waals surface area contributed by atoms with E-state index in [1.165, 1.54) is 6.42 Å². The van der Waals surface area contributed by atoms with Gasteiger partial charge in [-0.25, -0.2) is 0 Å². The summed E-state index contributed by atoms with van der Waals surface area (Å²) in [5, 5.41) is 19.1. The van der Waals surface area contributed by atoms with Crippen molar-refractivity contribution in [3.8, 4) is 0 Å². The summed E-state index contributed by atoms with van der Waals surface area (Å²) >= 11 is 0. The smallest absolute Gasteiger partial charge is 0.223 e. The number of rotatable bonds is 10. The highest BCUT2D eigenvalue weighted by atomic mass is 127. The number of nitrogens with one attached hydrogen (secondary N) is 3. The van der Waals surface area contributed by atoms with Gasteiger partial charge in [-0.15, -0.1) is 24.0 Å². The van der Waals surface area contributed by atoms with E-state index in [1.807, 2.05) is 37.3 Å².